The number of carbonyl (C=O) groups is 1. The van der Waals surface area contributed by atoms with Crippen LogP contribution >= 0.6 is 0 Å². The van der Waals surface area contributed by atoms with Crippen LogP contribution < -0.4 is 0 Å². The second-order valence-electron chi connectivity index (χ2n) is 5.60. The summed E-state index contributed by atoms with van der Waals surface area (Å²) < 4.78 is 23.1. The van der Waals surface area contributed by atoms with Gasteiger partial charge in [-0.1, -0.05) is 0 Å². The summed E-state index contributed by atoms with van der Waals surface area (Å²) in [4.78, 5) is 17.3. The molecule has 3 rings (SSSR count). The molecule has 0 atom stereocenters. The van der Waals surface area contributed by atoms with Crippen LogP contribution in [0.3, 0.4) is 0 Å². The van der Waals surface area contributed by atoms with Gasteiger partial charge in [0.2, 0.25) is 0 Å². The van der Waals surface area contributed by atoms with Gasteiger partial charge in [-0.25, -0.2) is 8.42 Å². The van der Waals surface area contributed by atoms with Crippen molar-refractivity contribution in [1.82, 2.24) is 9.88 Å². The van der Waals surface area contributed by atoms with Crippen LogP contribution in [0.15, 0.2) is 30.5 Å². The maximum absolute atomic E-state index is 12.5. The maximum Gasteiger partial charge on any atom is 0.253 e. The van der Waals surface area contributed by atoms with Crippen LogP contribution in [0, 0.1) is 0 Å². The van der Waals surface area contributed by atoms with Crippen molar-refractivity contribution in [3.05, 3.63) is 36.0 Å². The fourth-order valence-electron chi connectivity index (χ4n) is 2.86. The van der Waals surface area contributed by atoms with Gasteiger partial charge in [-0.15, -0.1) is 0 Å². The molecule has 0 bridgehead atoms. The summed E-state index contributed by atoms with van der Waals surface area (Å²) in [6.07, 6.45) is 4.17. The normalized spacial score (nSPS) is 17.3. The predicted octanol–water partition coefficient (Wildman–Crippen LogP) is 1.82. The number of rotatable bonds is 2. The minimum atomic E-state index is -3.00. The van der Waals surface area contributed by atoms with E-state index in [9.17, 15) is 13.2 Å². The fourth-order valence-corrected chi connectivity index (χ4v) is 3.92. The van der Waals surface area contributed by atoms with Crippen molar-refractivity contribution in [2.45, 2.75) is 18.1 Å². The lowest BCUT2D eigenvalue weighted by Crippen LogP contribution is -2.42. The number of piperidine rings is 1. The van der Waals surface area contributed by atoms with Crippen molar-refractivity contribution in [3.63, 3.8) is 0 Å². The van der Waals surface area contributed by atoms with Gasteiger partial charge in [0, 0.05) is 42.0 Å². The zero-order valence-corrected chi connectivity index (χ0v) is 12.7. The third kappa shape index (κ3) is 2.81. The summed E-state index contributed by atoms with van der Waals surface area (Å²) in [6.45, 7) is 1.00. The minimum Gasteiger partial charge on any atom is -0.361 e. The molecule has 1 amide bonds. The lowest BCUT2D eigenvalue weighted by atomic mass is 10.1. The molecule has 1 fully saturated rings. The number of nitrogens with zero attached hydrogens (tertiary/aromatic N) is 1. The van der Waals surface area contributed by atoms with Crippen LogP contribution in [0.4, 0.5) is 0 Å². The van der Waals surface area contributed by atoms with Crippen molar-refractivity contribution in [1.29, 1.82) is 0 Å². The second-order valence-corrected chi connectivity index (χ2v) is 7.93. The summed E-state index contributed by atoms with van der Waals surface area (Å²) in [5.41, 5.74) is 1.65. The molecule has 1 saturated heterocycles. The molecule has 0 spiro atoms. The maximum atomic E-state index is 12.5. The first-order chi connectivity index (χ1) is 9.95. The zero-order valence-electron chi connectivity index (χ0n) is 11.9. The zero-order chi connectivity index (χ0) is 15.0. The van der Waals surface area contributed by atoms with Crippen molar-refractivity contribution >= 4 is 26.6 Å². The first kappa shape index (κ1) is 14.1. The molecular weight excluding hydrogens is 288 g/mol. The van der Waals surface area contributed by atoms with Gasteiger partial charge < -0.3 is 9.88 Å². The average molecular weight is 306 g/mol. The number of aromatic nitrogens is 1. The Kier molecular flexibility index (Phi) is 3.49. The van der Waals surface area contributed by atoms with E-state index in [1.54, 1.807) is 4.90 Å². The Hall–Kier alpha value is -1.82. The van der Waals surface area contributed by atoms with E-state index in [2.05, 4.69) is 4.98 Å². The van der Waals surface area contributed by atoms with Gasteiger partial charge in [-0.2, -0.15) is 0 Å². The fraction of sp³-hybridized carbons (Fsp3) is 0.400. The standard InChI is InChI=1S/C15H18N2O3S/c1-21(19,20)13-5-8-17(9-6-13)15(18)12-2-3-14-11(10-12)4-7-16-14/h2-4,7,10,13,16H,5-6,8-9H2,1H3. The number of hydrogen-bond donors (Lipinski definition) is 1. The van der Waals surface area contributed by atoms with E-state index in [4.69, 9.17) is 0 Å². The Morgan fingerprint density at radius 2 is 1.95 bits per heavy atom. The lowest BCUT2D eigenvalue weighted by molar-refractivity contribution is 0.0726. The van der Waals surface area contributed by atoms with Crippen LogP contribution in [0.2, 0.25) is 0 Å². The highest BCUT2D eigenvalue weighted by Crippen LogP contribution is 2.20. The van der Waals surface area contributed by atoms with Crippen LogP contribution in [0.5, 0.6) is 0 Å². The van der Waals surface area contributed by atoms with Gasteiger partial charge in [0.15, 0.2) is 0 Å². The van der Waals surface area contributed by atoms with E-state index < -0.39 is 9.84 Å². The number of fused-ring (bicyclic) bond motifs is 1. The molecule has 1 N–H and O–H groups in total. The molecular formula is C15H18N2O3S. The Morgan fingerprint density at radius 1 is 1.24 bits per heavy atom. The molecule has 2 aromatic rings. The van der Waals surface area contributed by atoms with Gasteiger partial charge in [-0.3, -0.25) is 4.79 Å². The van der Waals surface area contributed by atoms with E-state index in [1.807, 2.05) is 30.5 Å². The number of nitrogens with one attached hydrogen (secondary N) is 1. The van der Waals surface area contributed by atoms with E-state index in [0.29, 0.717) is 31.5 Å². The minimum absolute atomic E-state index is 0.0231. The molecule has 0 radical (unpaired) electrons. The van der Waals surface area contributed by atoms with E-state index in [-0.39, 0.29) is 11.2 Å². The molecule has 1 aliphatic rings. The topological polar surface area (TPSA) is 70.2 Å². The Morgan fingerprint density at radius 3 is 2.62 bits per heavy atom. The molecule has 5 nitrogen and oxygen atoms in total. The lowest BCUT2D eigenvalue weighted by Gasteiger charge is -2.31. The van der Waals surface area contributed by atoms with Gasteiger partial charge >= 0.3 is 0 Å². The first-order valence-electron chi connectivity index (χ1n) is 7.00. The molecule has 6 heteroatoms. The highest BCUT2D eigenvalue weighted by Gasteiger charge is 2.29. The first-order valence-corrected chi connectivity index (χ1v) is 8.96. The number of likely N-dealkylation sites (tertiary alicyclic amines) is 1. The number of sulfone groups is 1. The predicted molar refractivity (Wildman–Crippen MR) is 82.1 cm³/mol. The molecule has 0 unspecified atom stereocenters. The number of benzene rings is 1. The number of amides is 1. The number of hydrogen-bond acceptors (Lipinski definition) is 3. The van der Waals surface area contributed by atoms with E-state index in [0.717, 1.165) is 10.9 Å². The Bertz CT molecular complexity index is 771. The number of H-pyrrole nitrogens is 1. The third-order valence-electron chi connectivity index (χ3n) is 4.13. The van der Waals surface area contributed by atoms with Gasteiger partial charge in [0.05, 0.1) is 5.25 Å². The summed E-state index contributed by atoms with van der Waals surface area (Å²) in [7, 11) is -3.00. The van der Waals surface area contributed by atoms with E-state index in [1.165, 1.54) is 6.26 Å². The Labute approximate surface area is 123 Å². The molecule has 1 aromatic heterocycles. The summed E-state index contributed by atoms with van der Waals surface area (Å²) >= 11 is 0. The second kappa shape index (κ2) is 5.18. The summed E-state index contributed by atoms with van der Waals surface area (Å²) in [5.74, 6) is -0.0231. The largest absolute Gasteiger partial charge is 0.361 e. The molecule has 112 valence electrons. The summed E-state index contributed by atoms with van der Waals surface area (Å²) in [6, 6.07) is 7.51. The molecule has 1 aromatic carbocycles. The van der Waals surface area contributed by atoms with Crippen LogP contribution in [0.25, 0.3) is 10.9 Å². The highest BCUT2D eigenvalue weighted by molar-refractivity contribution is 7.91. The average Bonchev–Trinajstić information content (AvgIpc) is 2.93. The van der Waals surface area contributed by atoms with Gasteiger partial charge in [0.1, 0.15) is 9.84 Å². The van der Waals surface area contributed by atoms with Crippen molar-refractivity contribution in [2.75, 3.05) is 19.3 Å². The van der Waals surface area contributed by atoms with Crippen LogP contribution in [0.1, 0.15) is 23.2 Å². The van der Waals surface area contributed by atoms with E-state index >= 15 is 0 Å². The molecule has 2 heterocycles. The Balaban J connectivity index is 1.74. The van der Waals surface area contributed by atoms with Crippen molar-refractivity contribution in [3.8, 4) is 0 Å². The van der Waals surface area contributed by atoms with Crippen molar-refractivity contribution < 1.29 is 13.2 Å². The molecule has 21 heavy (non-hydrogen) atoms. The number of aromatic amines is 1. The monoisotopic (exact) mass is 306 g/mol. The molecule has 1 aliphatic heterocycles. The highest BCUT2D eigenvalue weighted by atomic mass is 32.2. The molecule has 0 saturated carbocycles. The smallest absolute Gasteiger partial charge is 0.253 e. The van der Waals surface area contributed by atoms with Crippen LogP contribution in [-0.4, -0.2) is 48.8 Å². The number of carbonyl (C=O) groups excluding carboxylic acids is 1. The SMILES string of the molecule is CS(=O)(=O)C1CCN(C(=O)c2ccc3[nH]ccc3c2)CC1. The van der Waals surface area contributed by atoms with Crippen LogP contribution in [-0.2, 0) is 9.84 Å². The quantitative estimate of drug-likeness (QED) is 0.920. The van der Waals surface area contributed by atoms with Crippen molar-refractivity contribution in [2.24, 2.45) is 0 Å². The third-order valence-corrected chi connectivity index (χ3v) is 5.82. The summed E-state index contributed by atoms with van der Waals surface area (Å²) in [5, 5.41) is 0.695. The van der Waals surface area contributed by atoms with Gasteiger partial charge in [-0.05, 0) is 37.1 Å². The molecule has 0 aliphatic carbocycles. The van der Waals surface area contributed by atoms with Gasteiger partial charge in [0.25, 0.3) is 5.91 Å².